The Morgan fingerprint density at radius 3 is 2.19 bits per heavy atom. The smallest absolute Gasteiger partial charge is 0.176 e. The normalized spacial score (nSPS) is 10.9. The molecule has 0 fully saturated rings. The average Bonchev–Trinajstić information content (AvgIpc) is 2.31. The molecule has 0 radical (unpaired) electrons. The van der Waals surface area contributed by atoms with Crippen LogP contribution in [0.4, 0.5) is 0 Å². The molecule has 1 aromatic carbocycles. The molecule has 0 amide bonds. The van der Waals surface area contributed by atoms with E-state index in [1.165, 1.54) is 30.5 Å². The Labute approximate surface area is 102 Å². The highest BCUT2D eigenvalue weighted by Crippen LogP contribution is 2.08. The van der Waals surface area contributed by atoms with Gasteiger partial charge >= 0.3 is 0 Å². The van der Waals surface area contributed by atoms with Crippen molar-refractivity contribution in [3.63, 3.8) is 0 Å². The minimum Gasteiger partial charge on any atom is -0.420 e. The molecule has 0 atom stereocenters. The van der Waals surface area contributed by atoms with Gasteiger partial charge in [0.25, 0.3) is 0 Å². The van der Waals surface area contributed by atoms with Gasteiger partial charge in [0.1, 0.15) is 0 Å². The maximum Gasteiger partial charge on any atom is 0.176 e. The first kappa shape index (κ1) is 13.5. The predicted octanol–water partition coefficient (Wildman–Crippen LogP) is 3.79. The van der Waals surface area contributed by atoms with Crippen LogP contribution in [0.3, 0.4) is 0 Å². The van der Waals surface area contributed by atoms with Crippen molar-refractivity contribution >= 4 is 9.04 Å². The van der Waals surface area contributed by atoms with Crippen LogP contribution in [-0.4, -0.2) is 15.6 Å². The highest BCUT2D eigenvalue weighted by atomic mass is 28.3. The Morgan fingerprint density at radius 1 is 1.00 bits per heavy atom. The second-order valence-corrected chi connectivity index (χ2v) is 7.04. The zero-order chi connectivity index (χ0) is 11.6. The second kappa shape index (κ2) is 8.54. The van der Waals surface area contributed by atoms with Crippen LogP contribution in [0.25, 0.3) is 0 Å². The molecule has 0 saturated carbocycles. The number of benzene rings is 1. The van der Waals surface area contributed by atoms with Crippen molar-refractivity contribution in [2.45, 2.75) is 45.2 Å². The van der Waals surface area contributed by atoms with Gasteiger partial charge in [0.05, 0.1) is 0 Å². The third-order valence-corrected chi connectivity index (χ3v) is 5.96. The minimum absolute atomic E-state index is 0.875. The number of rotatable bonds is 8. The zero-order valence-corrected chi connectivity index (χ0v) is 11.8. The predicted molar refractivity (Wildman–Crippen MR) is 73.4 cm³/mol. The molecule has 2 heteroatoms. The van der Waals surface area contributed by atoms with E-state index < -0.39 is 9.04 Å². The van der Waals surface area contributed by atoms with Gasteiger partial charge in [-0.1, -0.05) is 57.0 Å². The Kier molecular flexibility index (Phi) is 7.18. The third-order valence-electron chi connectivity index (χ3n) is 2.81. The van der Waals surface area contributed by atoms with Crippen LogP contribution < -0.4 is 0 Å². The molecule has 0 bridgehead atoms. The van der Waals surface area contributed by atoms with E-state index in [9.17, 15) is 0 Å². The van der Waals surface area contributed by atoms with Crippen LogP contribution in [0.5, 0.6) is 0 Å². The molecule has 0 N–H and O–H groups in total. The average molecular weight is 236 g/mol. The van der Waals surface area contributed by atoms with E-state index >= 15 is 0 Å². The molecular formula is C14H24OSi. The van der Waals surface area contributed by atoms with Crippen molar-refractivity contribution in [3.05, 3.63) is 35.9 Å². The SMILES string of the molecule is CCC[SiH](CCC)OCCc1ccccc1. The van der Waals surface area contributed by atoms with E-state index in [-0.39, 0.29) is 0 Å². The summed E-state index contributed by atoms with van der Waals surface area (Å²) in [6.45, 7) is 5.44. The van der Waals surface area contributed by atoms with Gasteiger partial charge in [-0.15, -0.1) is 0 Å². The van der Waals surface area contributed by atoms with Crippen LogP contribution in [0, 0.1) is 0 Å². The fourth-order valence-corrected chi connectivity index (χ4v) is 4.30. The van der Waals surface area contributed by atoms with Gasteiger partial charge in [-0.3, -0.25) is 0 Å². The molecule has 90 valence electrons. The molecule has 0 aliphatic heterocycles. The summed E-state index contributed by atoms with van der Waals surface area (Å²) in [7, 11) is -0.875. The van der Waals surface area contributed by atoms with Crippen molar-refractivity contribution in [1.29, 1.82) is 0 Å². The Hall–Kier alpha value is -0.603. The Morgan fingerprint density at radius 2 is 1.62 bits per heavy atom. The number of hydrogen-bond acceptors (Lipinski definition) is 1. The summed E-state index contributed by atoms with van der Waals surface area (Å²) in [6.07, 6.45) is 3.63. The van der Waals surface area contributed by atoms with Gasteiger partial charge in [-0.05, 0) is 24.1 Å². The van der Waals surface area contributed by atoms with Gasteiger partial charge in [0, 0.05) is 6.61 Å². The molecule has 1 aromatic rings. The molecule has 0 heterocycles. The van der Waals surface area contributed by atoms with Crippen molar-refractivity contribution in [2.75, 3.05) is 6.61 Å². The van der Waals surface area contributed by atoms with Gasteiger partial charge in [-0.25, -0.2) is 0 Å². The van der Waals surface area contributed by atoms with E-state index in [1.807, 2.05) is 0 Å². The van der Waals surface area contributed by atoms with Gasteiger partial charge < -0.3 is 4.43 Å². The fourth-order valence-electron chi connectivity index (χ4n) is 1.94. The summed E-state index contributed by atoms with van der Waals surface area (Å²) in [5.74, 6) is 0. The molecular weight excluding hydrogens is 212 g/mol. The van der Waals surface area contributed by atoms with E-state index in [0.717, 1.165) is 13.0 Å². The maximum absolute atomic E-state index is 6.07. The molecule has 1 nitrogen and oxygen atoms in total. The van der Waals surface area contributed by atoms with E-state index in [2.05, 4.69) is 44.2 Å². The first-order valence-corrected chi connectivity index (χ1v) is 8.62. The topological polar surface area (TPSA) is 9.23 Å². The van der Waals surface area contributed by atoms with Crippen LogP contribution in [-0.2, 0) is 10.8 Å². The lowest BCUT2D eigenvalue weighted by molar-refractivity contribution is 0.321. The summed E-state index contributed by atoms with van der Waals surface area (Å²) in [5.41, 5.74) is 1.39. The first-order valence-electron chi connectivity index (χ1n) is 6.52. The van der Waals surface area contributed by atoms with Gasteiger partial charge in [-0.2, -0.15) is 0 Å². The largest absolute Gasteiger partial charge is 0.420 e. The lowest BCUT2D eigenvalue weighted by atomic mass is 10.2. The standard InChI is InChI=1S/C14H24OSi/c1-3-12-16(13-4-2)15-11-10-14-8-6-5-7-9-14/h5-9,16H,3-4,10-13H2,1-2H3. The van der Waals surface area contributed by atoms with Crippen LogP contribution in [0.15, 0.2) is 30.3 Å². The molecule has 0 aliphatic rings. The first-order chi connectivity index (χ1) is 7.86. The second-order valence-electron chi connectivity index (χ2n) is 4.31. The fraction of sp³-hybridized carbons (Fsp3) is 0.571. The van der Waals surface area contributed by atoms with E-state index in [0.29, 0.717) is 0 Å². The highest BCUT2D eigenvalue weighted by Gasteiger charge is 2.08. The zero-order valence-electron chi connectivity index (χ0n) is 10.6. The Bertz CT molecular complexity index is 255. The summed E-state index contributed by atoms with van der Waals surface area (Å²) >= 11 is 0. The summed E-state index contributed by atoms with van der Waals surface area (Å²) in [6, 6.07) is 13.3. The molecule has 0 spiro atoms. The molecule has 0 unspecified atom stereocenters. The molecule has 0 aliphatic carbocycles. The maximum atomic E-state index is 6.07. The molecule has 16 heavy (non-hydrogen) atoms. The summed E-state index contributed by atoms with van der Waals surface area (Å²) in [4.78, 5) is 0. The molecule has 1 rings (SSSR count). The van der Waals surface area contributed by atoms with E-state index in [1.54, 1.807) is 0 Å². The quantitative estimate of drug-likeness (QED) is 0.624. The third kappa shape index (κ3) is 5.47. The van der Waals surface area contributed by atoms with Crippen molar-refractivity contribution < 1.29 is 4.43 Å². The lowest BCUT2D eigenvalue weighted by Crippen LogP contribution is -2.18. The minimum atomic E-state index is -0.875. The van der Waals surface area contributed by atoms with Crippen LogP contribution in [0.1, 0.15) is 32.3 Å². The lowest BCUT2D eigenvalue weighted by Gasteiger charge is -2.14. The number of hydrogen-bond donors (Lipinski definition) is 0. The van der Waals surface area contributed by atoms with Crippen molar-refractivity contribution in [3.8, 4) is 0 Å². The highest BCUT2D eigenvalue weighted by molar-refractivity contribution is 6.51. The summed E-state index contributed by atoms with van der Waals surface area (Å²) < 4.78 is 6.07. The van der Waals surface area contributed by atoms with Crippen LogP contribution in [0.2, 0.25) is 12.1 Å². The van der Waals surface area contributed by atoms with Crippen molar-refractivity contribution in [1.82, 2.24) is 0 Å². The monoisotopic (exact) mass is 236 g/mol. The van der Waals surface area contributed by atoms with Crippen molar-refractivity contribution in [2.24, 2.45) is 0 Å². The van der Waals surface area contributed by atoms with E-state index in [4.69, 9.17) is 4.43 Å². The summed E-state index contributed by atoms with van der Waals surface area (Å²) in [5, 5.41) is 0. The molecule has 0 saturated heterocycles. The van der Waals surface area contributed by atoms with Crippen LogP contribution >= 0.6 is 0 Å². The Balaban J connectivity index is 2.22. The van der Waals surface area contributed by atoms with Gasteiger partial charge in [0.15, 0.2) is 9.04 Å². The van der Waals surface area contributed by atoms with Gasteiger partial charge in [0.2, 0.25) is 0 Å². The molecule has 0 aromatic heterocycles.